The first-order valence-electron chi connectivity index (χ1n) is 10.2. The number of para-hydroxylation sites is 2. The van der Waals surface area contributed by atoms with Crippen LogP contribution in [0.5, 0.6) is 0 Å². The SMILES string of the molecule is C[C@@H](CNC(=O)C(c1ccccc1)c1ccccc1)c1nc2ccccc2n1C(F)F. The summed E-state index contributed by atoms with van der Waals surface area (Å²) in [6.45, 7) is -0.715. The fourth-order valence-electron chi connectivity index (χ4n) is 3.85. The van der Waals surface area contributed by atoms with Crippen molar-refractivity contribution in [1.82, 2.24) is 14.9 Å². The van der Waals surface area contributed by atoms with Crippen molar-refractivity contribution in [3.05, 3.63) is 102 Å². The number of halogens is 2. The Morgan fingerprint density at radius 2 is 1.45 bits per heavy atom. The highest BCUT2D eigenvalue weighted by molar-refractivity contribution is 5.87. The zero-order chi connectivity index (χ0) is 21.8. The van der Waals surface area contributed by atoms with Crippen LogP contribution in [0.25, 0.3) is 11.0 Å². The van der Waals surface area contributed by atoms with Crippen LogP contribution in [0.15, 0.2) is 84.9 Å². The highest BCUT2D eigenvalue weighted by Gasteiger charge is 2.25. The number of hydrogen-bond acceptors (Lipinski definition) is 2. The Morgan fingerprint density at radius 1 is 0.903 bits per heavy atom. The number of nitrogens with zero attached hydrogens (tertiary/aromatic N) is 2. The molecule has 1 amide bonds. The van der Waals surface area contributed by atoms with Gasteiger partial charge in [0.15, 0.2) is 0 Å². The topological polar surface area (TPSA) is 46.9 Å². The molecule has 3 aromatic carbocycles. The van der Waals surface area contributed by atoms with Crippen molar-refractivity contribution in [1.29, 1.82) is 0 Å². The standard InChI is InChI=1S/C25H23F2N3O/c1-17(23-29-20-14-8-9-15-21(20)30(23)25(26)27)16-28-24(31)22(18-10-4-2-5-11-18)19-12-6-3-7-13-19/h2-15,17,22,25H,16H2,1H3,(H,28,31)/t17-/m0/s1. The molecule has 6 heteroatoms. The van der Waals surface area contributed by atoms with Gasteiger partial charge in [-0.2, -0.15) is 8.78 Å². The summed E-state index contributed by atoms with van der Waals surface area (Å²) < 4.78 is 28.5. The number of nitrogens with one attached hydrogen (secondary N) is 1. The van der Waals surface area contributed by atoms with Gasteiger partial charge in [-0.05, 0) is 23.3 Å². The van der Waals surface area contributed by atoms with Crippen molar-refractivity contribution in [3.8, 4) is 0 Å². The lowest BCUT2D eigenvalue weighted by Gasteiger charge is -2.20. The third-order valence-corrected chi connectivity index (χ3v) is 5.37. The summed E-state index contributed by atoms with van der Waals surface area (Å²) in [5, 5.41) is 2.95. The Morgan fingerprint density at radius 3 is 2.03 bits per heavy atom. The second-order valence-corrected chi connectivity index (χ2v) is 7.51. The molecule has 0 saturated carbocycles. The normalized spacial score (nSPS) is 12.4. The van der Waals surface area contributed by atoms with Crippen molar-refractivity contribution < 1.29 is 13.6 Å². The molecule has 0 aliphatic rings. The molecule has 1 heterocycles. The quantitative estimate of drug-likeness (QED) is 0.431. The molecule has 0 radical (unpaired) electrons. The largest absolute Gasteiger partial charge is 0.355 e. The van der Waals surface area contributed by atoms with Gasteiger partial charge >= 0.3 is 6.55 Å². The molecule has 1 aromatic heterocycles. The molecule has 0 spiro atoms. The number of amides is 1. The number of rotatable bonds is 7. The molecule has 31 heavy (non-hydrogen) atoms. The monoisotopic (exact) mass is 419 g/mol. The van der Waals surface area contributed by atoms with Crippen LogP contribution in [0.2, 0.25) is 0 Å². The molecule has 0 fully saturated rings. The zero-order valence-electron chi connectivity index (χ0n) is 17.1. The van der Waals surface area contributed by atoms with Gasteiger partial charge in [-0.3, -0.25) is 9.36 Å². The van der Waals surface area contributed by atoms with Gasteiger partial charge in [0.2, 0.25) is 5.91 Å². The summed E-state index contributed by atoms with van der Waals surface area (Å²) in [7, 11) is 0. The number of carbonyl (C=O) groups excluding carboxylic acids is 1. The van der Waals surface area contributed by atoms with Crippen molar-refractivity contribution in [2.75, 3.05) is 6.54 Å². The van der Waals surface area contributed by atoms with Gasteiger partial charge < -0.3 is 5.32 Å². The fourth-order valence-corrected chi connectivity index (χ4v) is 3.85. The summed E-state index contributed by atoms with van der Waals surface area (Å²) in [5.74, 6) is -0.794. The minimum Gasteiger partial charge on any atom is -0.355 e. The smallest absolute Gasteiger partial charge is 0.320 e. The summed E-state index contributed by atoms with van der Waals surface area (Å²) in [5.41, 5.74) is 2.65. The van der Waals surface area contributed by atoms with Crippen LogP contribution < -0.4 is 5.32 Å². The molecule has 0 bridgehead atoms. The predicted octanol–water partition coefficient (Wildman–Crippen LogP) is 5.48. The number of carbonyl (C=O) groups is 1. The van der Waals surface area contributed by atoms with E-state index in [1.165, 1.54) is 0 Å². The minimum atomic E-state index is -2.71. The average Bonchev–Trinajstić information content (AvgIpc) is 3.19. The van der Waals surface area contributed by atoms with Crippen molar-refractivity contribution in [3.63, 3.8) is 0 Å². The van der Waals surface area contributed by atoms with E-state index in [-0.39, 0.29) is 18.3 Å². The molecular formula is C25H23F2N3O. The van der Waals surface area contributed by atoms with E-state index in [0.717, 1.165) is 15.7 Å². The third kappa shape index (κ3) is 4.33. The summed E-state index contributed by atoms with van der Waals surface area (Å²) >= 11 is 0. The van der Waals surface area contributed by atoms with Crippen LogP contribution in [0.1, 0.15) is 42.3 Å². The second kappa shape index (κ2) is 9.08. The number of hydrogen-bond donors (Lipinski definition) is 1. The second-order valence-electron chi connectivity index (χ2n) is 7.51. The third-order valence-electron chi connectivity index (χ3n) is 5.37. The van der Waals surface area contributed by atoms with Gasteiger partial charge in [-0.25, -0.2) is 4.98 Å². The van der Waals surface area contributed by atoms with Crippen LogP contribution in [0, 0.1) is 0 Å². The summed E-state index contributed by atoms with van der Waals surface area (Å²) in [4.78, 5) is 17.6. The lowest BCUT2D eigenvalue weighted by Crippen LogP contribution is -2.33. The van der Waals surface area contributed by atoms with Gasteiger partial charge in [-0.1, -0.05) is 79.7 Å². The average molecular weight is 419 g/mol. The Kier molecular flexibility index (Phi) is 6.07. The first-order chi connectivity index (χ1) is 15.1. The van der Waals surface area contributed by atoms with E-state index in [4.69, 9.17) is 0 Å². The van der Waals surface area contributed by atoms with E-state index in [2.05, 4.69) is 10.3 Å². The van der Waals surface area contributed by atoms with E-state index in [9.17, 15) is 13.6 Å². The number of imidazole rings is 1. The molecule has 0 aliphatic heterocycles. The Bertz CT molecular complexity index is 1120. The fraction of sp³-hybridized carbons (Fsp3) is 0.200. The molecule has 158 valence electrons. The maximum Gasteiger partial charge on any atom is 0.320 e. The van der Waals surface area contributed by atoms with E-state index in [1.807, 2.05) is 60.7 Å². The summed E-state index contributed by atoms with van der Waals surface area (Å²) in [6, 6.07) is 25.9. The van der Waals surface area contributed by atoms with Crippen LogP contribution in [-0.4, -0.2) is 22.0 Å². The van der Waals surface area contributed by atoms with Gasteiger partial charge in [0.25, 0.3) is 0 Å². The van der Waals surface area contributed by atoms with Crippen LogP contribution in [0.3, 0.4) is 0 Å². The highest BCUT2D eigenvalue weighted by Crippen LogP contribution is 2.28. The molecular weight excluding hydrogens is 396 g/mol. The first kappa shape index (κ1) is 20.7. The predicted molar refractivity (Wildman–Crippen MR) is 117 cm³/mol. The molecule has 0 unspecified atom stereocenters. The maximum atomic E-state index is 13.8. The van der Waals surface area contributed by atoms with Gasteiger partial charge in [0.1, 0.15) is 5.82 Å². The lowest BCUT2D eigenvalue weighted by atomic mass is 9.90. The van der Waals surface area contributed by atoms with Crippen LogP contribution in [0.4, 0.5) is 8.78 Å². The van der Waals surface area contributed by atoms with Gasteiger partial charge in [0.05, 0.1) is 17.0 Å². The molecule has 4 aromatic rings. The number of benzene rings is 3. The van der Waals surface area contributed by atoms with Crippen LogP contribution >= 0.6 is 0 Å². The Balaban J connectivity index is 1.57. The van der Waals surface area contributed by atoms with Gasteiger partial charge in [-0.15, -0.1) is 0 Å². The van der Waals surface area contributed by atoms with E-state index < -0.39 is 18.4 Å². The Hall–Kier alpha value is -3.54. The van der Waals surface area contributed by atoms with E-state index in [0.29, 0.717) is 11.0 Å². The Labute approximate surface area is 179 Å². The molecule has 0 saturated heterocycles. The van der Waals surface area contributed by atoms with Crippen molar-refractivity contribution in [2.24, 2.45) is 0 Å². The molecule has 0 aliphatic carbocycles. The van der Waals surface area contributed by atoms with E-state index in [1.54, 1.807) is 31.2 Å². The van der Waals surface area contributed by atoms with Crippen molar-refractivity contribution in [2.45, 2.75) is 25.3 Å². The number of alkyl halides is 2. The summed E-state index contributed by atoms with van der Waals surface area (Å²) in [6.07, 6.45) is 0. The first-order valence-corrected chi connectivity index (χ1v) is 10.2. The highest BCUT2D eigenvalue weighted by atomic mass is 19.3. The zero-order valence-corrected chi connectivity index (χ0v) is 17.1. The van der Waals surface area contributed by atoms with Gasteiger partial charge in [0, 0.05) is 12.5 Å². The molecule has 4 rings (SSSR count). The minimum absolute atomic E-state index is 0.177. The molecule has 1 N–H and O–H groups in total. The lowest BCUT2D eigenvalue weighted by molar-refractivity contribution is -0.121. The van der Waals surface area contributed by atoms with E-state index >= 15 is 0 Å². The number of aromatic nitrogens is 2. The molecule has 4 nitrogen and oxygen atoms in total. The number of fused-ring (bicyclic) bond motifs is 1. The molecule has 1 atom stereocenters. The van der Waals surface area contributed by atoms with Crippen molar-refractivity contribution >= 4 is 16.9 Å². The van der Waals surface area contributed by atoms with Crippen LogP contribution in [-0.2, 0) is 4.79 Å². The maximum absolute atomic E-state index is 13.8.